The van der Waals surface area contributed by atoms with Crippen LogP contribution in [0.25, 0.3) is 0 Å². The molecule has 1 aromatic rings. The maximum absolute atomic E-state index is 12.1. The molecule has 0 fully saturated rings. The lowest BCUT2D eigenvalue weighted by atomic mass is 10.1. The number of carboxylic acids is 1. The van der Waals surface area contributed by atoms with Crippen LogP contribution in [-0.4, -0.2) is 45.3 Å². The van der Waals surface area contributed by atoms with E-state index >= 15 is 0 Å². The number of hydrogen-bond donors (Lipinski definition) is 2. The topological polar surface area (TPSA) is 108 Å². The number of hydrogen-bond acceptors (Lipinski definition) is 6. The van der Waals surface area contributed by atoms with Gasteiger partial charge < -0.3 is 15.2 Å². The van der Waals surface area contributed by atoms with Crippen LogP contribution in [0.2, 0.25) is 0 Å². The summed E-state index contributed by atoms with van der Waals surface area (Å²) in [6, 6.07) is 8.83. The number of aliphatic carboxylic acids is 1. The first kappa shape index (κ1) is 19.8. The third-order valence-corrected chi connectivity index (χ3v) is 4.72. The zero-order valence-corrected chi connectivity index (χ0v) is 15.8. The van der Waals surface area contributed by atoms with Gasteiger partial charge in [0, 0.05) is 6.92 Å². The van der Waals surface area contributed by atoms with Crippen LogP contribution < -0.4 is 5.32 Å². The van der Waals surface area contributed by atoms with E-state index in [-0.39, 0.29) is 11.6 Å². The van der Waals surface area contributed by atoms with E-state index in [1.165, 1.54) is 6.92 Å². The van der Waals surface area contributed by atoms with Crippen molar-refractivity contribution in [1.29, 1.82) is 0 Å². The van der Waals surface area contributed by atoms with Crippen LogP contribution in [0.3, 0.4) is 0 Å². The number of nitrogens with zero attached hydrogens (tertiary/aromatic N) is 2. The largest absolute Gasteiger partial charge is 0.476 e. The quantitative estimate of drug-likeness (QED) is 0.831. The first-order valence-electron chi connectivity index (χ1n) is 7.89. The van der Waals surface area contributed by atoms with E-state index in [0.29, 0.717) is 5.56 Å². The molecule has 0 aliphatic carbocycles. The molecule has 2 rings (SSSR count). The molecule has 1 aliphatic rings. The summed E-state index contributed by atoms with van der Waals surface area (Å²) >= 11 is 0.901. The number of amides is 2. The van der Waals surface area contributed by atoms with Gasteiger partial charge in [-0.05, 0) is 26.3 Å². The number of ether oxygens (including phenoxy) is 1. The SMILES string of the molecule is CC(=O)N1N=C(C(=O)O)SC1(CNC(=O)OC(C)(C)C)c1ccccc1. The second-order valence-electron chi connectivity index (χ2n) is 6.65. The predicted molar refractivity (Wildman–Crippen MR) is 97.5 cm³/mol. The Morgan fingerprint density at radius 3 is 2.38 bits per heavy atom. The summed E-state index contributed by atoms with van der Waals surface area (Å²) in [6.07, 6.45) is -0.666. The number of benzene rings is 1. The highest BCUT2D eigenvalue weighted by Gasteiger charge is 2.49. The van der Waals surface area contributed by atoms with Crippen LogP contribution in [0.5, 0.6) is 0 Å². The highest BCUT2D eigenvalue weighted by Crippen LogP contribution is 2.45. The average molecular weight is 379 g/mol. The molecule has 1 aliphatic heterocycles. The smallest absolute Gasteiger partial charge is 0.407 e. The number of nitrogens with one attached hydrogen (secondary N) is 1. The summed E-state index contributed by atoms with van der Waals surface area (Å²) in [5.74, 6) is -1.68. The van der Waals surface area contributed by atoms with Crippen LogP contribution in [0.1, 0.15) is 33.3 Å². The second-order valence-corrected chi connectivity index (χ2v) is 7.92. The Morgan fingerprint density at radius 1 is 1.27 bits per heavy atom. The van der Waals surface area contributed by atoms with Gasteiger partial charge >= 0.3 is 12.1 Å². The first-order valence-corrected chi connectivity index (χ1v) is 8.71. The van der Waals surface area contributed by atoms with Gasteiger partial charge in [0.25, 0.3) is 0 Å². The van der Waals surface area contributed by atoms with E-state index < -0.39 is 28.4 Å². The molecule has 0 radical (unpaired) electrons. The lowest BCUT2D eigenvalue weighted by Gasteiger charge is -2.35. The van der Waals surface area contributed by atoms with Crippen LogP contribution in [0, 0.1) is 0 Å². The highest BCUT2D eigenvalue weighted by atomic mass is 32.2. The molecule has 1 heterocycles. The van der Waals surface area contributed by atoms with Gasteiger partial charge in [-0.15, -0.1) is 0 Å². The molecule has 2 amide bonds. The van der Waals surface area contributed by atoms with Crippen molar-refractivity contribution >= 4 is 34.8 Å². The molecule has 0 aromatic heterocycles. The van der Waals surface area contributed by atoms with Crippen molar-refractivity contribution in [2.75, 3.05) is 6.54 Å². The number of rotatable bonds is 4. The Balaban J connectivity index is 2.37. The van der Waals surface area contributed by atoms with E-state index in [4.69, 9.17) is 4.74 Å². The lowest BCUT2D eigenvalue weighted by molar-refractivity contribution is -0.132. The third-order valence-electron chi connectivity index (χ3n) is 3.38. The molecular weight excluding hydrogens is 358 g/mol. The fourth-order valence-corrected chi connectivity index (χ4v) is 3.59. The fourth-order valence-electron chi connectivity index (χ4n) is 2.41. The minimum atomic E-state index is -1.24. The maximum atomic E-state index is 12.1. The summed E-state index contributed by atoms with van der Waals surface area (Å²) < 4.78 is 5.23. The zero-order valence-electron chi connectivity index (χ0n) is 15.0. The molecule has 26 heavy (non-hydrogen) atoms. The number of carboxylic acid groups (broad SMARTS) is 1. The number of hydrazone groups is 1. The van der Waals surface area contributed by atoms with Gasteiger partial charge in [-0.1, -0.05) is 42.1 Å². The Labute approximate surface area is 155 Å². The van der Waals surface area contributed by atoms with Crippen molar-refractivity contribution in [2.24, 2.45) is 5.10 Å². The highest BCUT2D eigenvalue weighted by molar-refractivity contribution is 8.16. The molecule has 0 saturated carbocycles. The van der Waals surface area contributed by atoms with Gasteiger partial charge in [0.2, 0.25) is 11.0 Å². The minimum absolute atomic E-state index is 0.0730. The average Bonchev–Trinajstić information content (AvgIpc) is 2.94. The summed E-state index contributed by atoms with van der Waals surface area (Å²) in [5, 5.41) is 16.7. The molecule has 1 unspecified atom stereocenters. The van der Waals surface area contributed by atoms with Crippen molar-refractivity contribution in [3.8, 4) is 0 Å². The molecule has 0 spiro atoms. The van der Waals surface area contributed by atoms with Gasteiger partial charge in [-0.25, -0.2) is 14.6 Å². The molecular formula is C17H21N3O5S. The standard InChI is InChI=1S/C17H21N3O5S/c1-11(21)20-17(12-8-6-5-7-9-12,26-13(19-20)14(22)23)10-18-15(24)25-16(2,3)4/h5-9H,10H2,1-4H3,(H,18,24)(H,22,23). The lowest BCUT2D eigenvalue weighted by Crippen LogP contribution is -2.49. The zero-order chi connectivity index (χ0) is 19.5. The van der Waals surface area contributed by atoms with E-state index in [1.54, 1.807) is 51.1 Å². The fraction of sp³-hybridized carbons (Fsp3) is 0.412. The Kier molecular flexibility index (Phi) is 5.60. The summed E-state index contributed by atoms with van der Waals surface area (Å²) in [7, 11) is 0. The number of thioether (sulfide) groups is 1. The van der Waals surface area contributed by atoms with Crippen LogP contribution >= 0.6 is 11.8 Å². The number of carbonyl (C=O) groups excluding carboxylic acids is 2. The van der Waals surface area contributed by atoms with Gasteiger partial charge in [-0.3, -0.25) is 4.79 Å². The first-order chi connectivity index (χ1) is 12.0. The van der Waals surface area contributed by atoms with Crippen LogP contribution in [0.4, 0.5) is 4.79 Å². The summed E-state index contributed by atoms with van der Waals surface area (Å²) in [5.41, 5.74) is -0.0493. The van der Waals surface area contributed by atoms with Crippen molar-refractivity contribution < 1.29 is 24.2 Å². The monoisotopic (exact) mass is 379 g/mol. The van der Waals surface area contributed by atoms with Gasteiger partial charge in [-0.2, -0.15) is 5.10 Å². The number of alkyl carbamates (subject to hydrolysis) is 1. The molecule has 0 saturated heterocycles. The van der Waals surface area contributed by atoms with E-state index in [2.05, 4.69) is 10.4 Å². The third kappa shape index (κ3) is 4.34. The molecule has 140 valence electrons. The number of carbonyl (C=O) groups is 3. The van der Waals surface area contributed by atoms with Crippen LogP contribution in [0.15, 0.2) is 35.4 Å². The Morgan fingerprint density at radius 2 is 1.88 bits per heavy atom. The van der Waals surface area contributed by atoms with Gasteiger partial charge in [0.1, 0.15) is 5.60 Å². The van der Waals surface area contributed by atoms with E-state index in [1.807, 2.05) is 0 Å². The molecule has 9 heteroatoms. The predicted octanol–water partition coefficient (Wildman–Crippen LogP) is 2.36. The van der Waals surface area contributed by atoms with Crippen molar-refractivity contribution in [3.05, 3.63) is 35.9 Å². The van der Waals surface area contributed by atoms with E-state index in [9.17, 15) is 19.5 Å². The molecule has 0 bridgehead atoms. The Bertz CT molecular complexity index is 745. The van der Waals surface area contributed by atoms with E-state index in [0.717, 1.165) is 16.8 Å². The van der Waals surface area contributed by atoms with Crippen molar-refractivity contribution in [2.45, 2.75) is 38.2 Å². The maximum Gasteiger partial charge on any atom is 0.407 e. The molecule has 1 aromatic carbocycles. The Hall–Kier alpha value is -2.55. The van der Waals surface area contributed by atoms with Gasteiger partial charge in [0.05, 0.1) is 6.54 Å². The van der Waals surface area contributed by atoms with Crippen molar-refractivity contribution in [3.63, 3.8) is 0 Å². The normalized spacial score (nSPS) is 19.7. The summed E-state index contributed by atoms with van der Waals surface area (Å²) in [4.78, 5) is 34.4. The minimum Gasteiger partial charge on any atom is -0.476 e. The molecule has 1 atom stereocenters. The van der Waals surface area contributed by atoms with Crippen molar-refractivity contribution in [1.82, 2.24) is 10.3 Å². The van der Waals surface area contributed by atoms with Crippen LogP contribution in [-0.2, 0) is 19.2 Å². The van der Waals surface area contributed by atoms with Gasteiger partial charge in [0.15, 0.2) is 4.87 Å². The second kappa shape index (κ2) is 7.36. The molecule has 2 N–H and O–H groups in total. The molecule has 8 nitrogen and oxygen atoms in total. The summed E-state index contributed by atoms with van der Waals surface area (Å²) in [6.45, 7) is 6.42.